The zero-order chi connectivity index (χ0) is 17.5. The molecule has 0 atom stereocenters. The molecule has 0 fully saturated rings. The molecule has 0 aromatic heterocycles. The molecule has 1 amide bonds. The first-order valence-electron chi connectivity index (χ1n) is 7.90. The second-order valence-electron chi connectivity index (χ2n) is 5.42. The average molecular weight is 331 g/mol. The van der Waals surface area contributed by atoms with Crippen LogP contribution in [0.25, 0.3) is 16.8 Å². The van der Waals surface area contributed by atoms with Gasteiger partial charge in [-0.25, -0.2) is 4.79 Å². The van der Waals surface area contributed by atoms with Crippen molar-refractivity contribution in [1.29, 1.82) is 0 Å². The Labute approximate surface area is 145 Å². The van der Waals surface area contributed by atoms with Gasteiger partial charge in [-0.15, -0.1) is 0 Å². The molecule has 0 aliphatic heterocycles. The Morgan fingerprint density at radius 2 is 1.60 bits per heavy atom. The van der Waals surface area contributed by atoms with E-state index in [0.717, 1.165) is 16.3 Å². The van der Waals surface area contributed by atoms with Crippen LogP contribution in [0.2, 0.25) is 0 Å². The molecule has 3 aromatic rings. The lowest BCUT2D eigenvalue weighted by atomic mass is 10.0. The highest BCUT2D eigenvalue weighted by atomic mass is 16.5. The number of hydrogen-bond donors (Lipinski definition) is 1. The van der Waals surface area contributed by atoms with Crippen molar-refractivity contribution in [3.63, 3.8) is 0 Å². The van der Waals surface area contributed by atoms with Gasteiger partial charge in [0.15, 0.2) is 6.61 Å². The Kier molecular flexibility index (Phi) is 5.22. The number of benzene rings is 3. The lowest BCUT2D eigenvalue weighted by Crippen LogP contribution is -2.20. The zero-order valence-corrected chi connectivity index (χ0v) is 13.5. The summed E-state index contributed by atoms with van der Waals surface area (Å²) in [5.74, 6) is -0.936. The predicted molar refractivity (Wildman–Crippen MR) is 99.0 cm³/mol. The minimum absolute atomic E-state index is 0.326. The number of esters is 1. The van der Waals surface area contributed by atoms with E-state index in [1.807, 2.05) is 60.7 Å². The Balaban J connectivity index is 1.57. The molecule has 1 N–H and O–H groups in total. The molecule has 0 aliphatic carbocycles. The van der Waals surface area contributed by atoms with Gasteiger partial charge in [0.1, 0.15) is 0 Å². The van der Waals surface area contributed by atoms with Gasteiger partial charge in [0, 0.05) is 11.8 Å². The van der Waals surface area contributed by atoms with Crippen LogP contribution in [-0.4, -0.2) is 18.5 Å². The number of nitrogens with one attached hydrogen (secondary N) is 1. The number of fused-ring (bicyclic) bond motifs is 1. The standard InChI is InChI=1S/C21H17NO3/c23-20(22-18-10-2-1-3-11-18)15-25-21(24)14-13-17-9-6-8-16-7-4-5-12-19(16)17/h1-14H,15H2,(H,22,23). The molecule has 124 valence electrons. The molecule has 0 aliphatic rings. The molecule has 0 saturated heterocycles. The lowest BCUT2D eigenvalue weighted by molar-refractivity contribution is -0.142. The first kappa shape index (κ1) is 16.5. The number of carbonyl (C=O) groups excluding carboxylic acids is 2. The number of para-hydroxylation sites is 1. The first-order chi connectivity index (χ1) is 12.2. The van der Waals surface area contributed by atoms with Crippen LogP contribution in [-0.2, 0) is 14.3 Å². The average Bonchev–Trinajstić information content (AvgIpc) is 2.65. The van der Waals surface area contributed by atoms with Crippen molar-refractivity contribution in [2.75, 3.05) is 11.9 Å². The third-order valence-electron chi connectivity index (χ3n) is 3.63. The zero-order valence-electron chi connectivity index (χ0n) is 13.5. The van der Waals surface area contributed by atoms with E-state index in [4.69, 9.17) is 4.74 Å². The van der Waals surface area contributed by atoms with Crippen molar-refractivity contribution < 1.29 is 14.3 Å². The second-order valence-corrected chi connectivity index (χ2v) is 5.42. The fourth-order valence-electron chi connectivity index (χ4n) is 2.46. The minimum Gasteiger partial charge on any atom is -0.452 e. The second kappa shape index (κ2) is 7.93. The molecule has 3 aromatic carbocycles. The first-order valence-corrected chi connectivity index (χ1v) is 7.90. The summed E-state index contributed by atoms with van der Waals surface area (Å²) in [4.78, 5) is 23.6. The van der Waals surface area contributed by atoms with E-state index in [1.54, 1.807) is 18.2 Å². The molecule has 0 bridgehead atoms. The van der Waals surface area contributed by atoms with Crippen molar-refractivity contribution in [2.45, 2.75) is 0 Å². The van der Waals surface area contributed by atoms with Gasteiger partial charge in [-0.1, -0.05) is 60.7 Å². The minimum atomic E-state index is -0.559. The van der Waals surface area contributed by atoms with Crippen LogP contribution in [0.4, 0.5) is 5.69 Å². The van der Waals surface area contributed by atoms with Crippen molar-refractivity contribution >= 4 is 34.4 Å². The molecule has 0 heterocycles. The summed E-state index contributed by atoms with van der Waals surface area (Å²) >= 11 is 0. The van der Waals surface area contributed by atoms with E-state index in [1.165, 1.54) is 6.08 Å². The number of anilines is 1. The van der Waals surface area contributed by atoms with Gasteiger partial charge in [-0.3, -0.25) is 4.79 Å². The Morgan fingerprint density at radius 3 is 2.44 bits per heavy atom. The largest absolute Gasteiger partial charge is 0.452 e. The van der Waals surface area contributed by atoms with Crippen molar-refractivity contribution in [1.82, 2.24) is 0 Å². The molecule has 3 rings (SSSR count). The summed E-state index contributed by atoms with van der Waals surface area (Å²) in [6.07, 6.45) is 3.03. The van der Waals surface area contributed by atoms with Gasteiger partial charge < -0.3 is 10.1 Å². The van der Waals surface area contributed by atoms with Gasteiger partial charge in [0.05, 0.1) is 0 Å². The summed E-state index contributed by atoms with van der Waals surface area (Å²) in [5.41, 5.74) is 1.58. The van der Waals surface area contributed by atoms with Crippen LogP contribution in [0.3, 0.4) is 0 Å². The van der Waals surface area contributed by atoms with Gasteiger partial charge in [-0.2, -0.15) is 0 Å². The molecular formula is C21H17NO3. The Hall–Kier alpha value is -3.40. The van der Waals surface area contributed by atoms with E-state index in [9.17, 15) is 9.59 Å². The van der Waals surface area contributed by atoms with Crippen molar-refractivity contribution in [3.05, 3.63) is 84.4 Å². The summed E-state index contributed by atoms with van der Waals surface area (Å²) in [6, 6.07) is 22.8. The lowest BCUT2D eigenvalue weighted by Gasteiger charge is -2.05. The smallest absolute Gasteiger partial charge is 0.331 e. The normalized spacial score (nSPS) is 10.7. The predicted octanol–water partition coefficient (Wildman–Crippen LogP) is 4.03. The topological polar surface area (TPSA) is 55.4 Å². The molecule has 4 nitrogen and oxygen atoms in total. The van der Waals surface area contributed by atoms with Crippen LogP contribution < -0.4 is 5.32 Å². The van der Waals surface area contributed by atoms with E-state index >= 15 is 0 Å². The Bertz CT molecular complexity index is 911. The molecule has 0 spiro atoms. The number of amides is 1. The Morgan fingerprint density at radius 1 is 0.880 bits per heavy atom. The van der Waals surface area contributed by atoms with Crippen LogP contribution >= 0.6 is 0 Å². The quantitative estimate of drug-likeness (QED) is 0.567. The highest BCUT2D eigenvalue weighted by Gasteiger charge is 2.05. The summed E-state index contributed by atoms with van der Waals surface area (Å²) in [7, 11) is 0. The molecule has 0 saturated carbocycles. The van der Waals surface area contributed by atoms with Crippen LogP contribution in [0.1, 0.15) is 5.56 Å². The highest BCUT2D eigenvalue weighted by molar-refractivity contribution is 5.96. The molecule has 0 unspecified atom stereocenters. The van der Waals surface area contributed by atoms with E-state index in [-0.39, 0.29) is 12.5 Å². The SMILES string of the molecule is O=C(COC(=O)C=Cc1cccc2ccccc12)Nc1ccccc1. The maximum atomic E-state index is 11.8. The maximum absolute atomic E-state index is 11.8. The van der Waals surface area contributed by atoms with E-state index < -0.39 is 5.97 Å². The molecule has 25 heavy (non-hydrogen) atoms. The van der Waals surface area contributed by atoms with Crippen LogP contribution in [0.5, 0.6) is 0 Å². The third-order valence-corrected chi connectivity index (χ3v) is 3.63. The van der Waals surface area contributed by atoms with Crippen molar-refractivity contribution in [3.8, 4) is 0 Å². The number of rotatable bonds is 5. The highest BCUT2D eigenvalue weighted by Crippen LogP contribution is 2.19. The van der Waals surface area contributed by atoms with Gasteiger partial charge in [-0.05, 0) is 34.5 Å². The fourth-order valence-corrected chi connectivity index (χ4v) is 2.46. The molecule has 0 radical (unpaired) electrons. The number of carbonyl (C=O) groups is 2. The maximum Gasteiger partial charge on any atom is 0.331 e. The molecular weight excluding hydrogens is 314 g/mol. The fraction of sp³-hybridized carbons (Fsp3) is 0.0476. The monoisotopic (exact) mass is 331 g/mol. The van der Waals surface area contributed by atoms with Gasteiger partial charge >= 0.3 is 5.97 Å². The van der Waals surface area contributed by atoms with E-state index in [2.05, 4.69) is 5.32 Å². The van der Waals surface area contributed by atoms with Gasteiger partial charge in [0.2, 0.25) is 0 Å². The van der Waals surface area contributed by atoms with Crippen LogP contribution in [0.15, 0.2) is 78.9 Å². The third kappa shape index (κ3) is 4.54. The van der Waals surface area contributed by atoms with Gasteiger partial charge in [0.25, 0.3) is 5.91 Å². The van der Waals surface area contributed by atoms with E-state index in [0.29, 0.717) is 5.69 Å². The number of hydrogen-bond acceptors (Lipinski definition) is 3. The summed E-state index contributed by atoms with van der Waals surface area (Å²) < 4.78 is 4.97. The number of ether oxygens (including phenoxy) is 1. The summed E-state index contributed by atoms with van der Waals surface area (Å²) in [6.45, 7) is -0.326. The molecule has 4 heteroatoms. The van der Waals surface area contributed by atoms with Crippen molar-refractivity contribution in [2.24, 2.45) is 0 Å². The summed E-state index contributed by atoms with van der Waals surface area (Å²) in [5, 5.41) is 4.80. The van der Waals surface area contributed by atoms with Crippen LogP contribution in [0, 0.1) is 0 Å².